The van der Waals surface area contributed by atoms with Gasteiger partial charge in [0, 0.05) is 37.9 Å². The smallest absolute Gasteiger partial charge is 0.434 e. The highest BCUT2D eigenvalue weighted by molar-refractivity contribution is 5.89. The van der Waals surface area contributed by atoms with Crippen LogP contribution in [-0.4, -0.2) is 53.0 Å². The molecule has 0 bridgehead atoms. The number of aryl methyl sites for hydroxylation is 1. The maximum absolute atomic E-state index is 13.2. The summed E-state index contributed by atoms with van der Waals surface area (Å²) in [5.41, 5.74) is 2.71. The minimum atomic E-state index is -4.51. The zero-order valence-corrected chi connectivity index (χ0v) is 24.2. The second kappa shape index (κ2) is 11.2. The van der Waals surface area contributed by atoms with E-state index in [1.54, 1.807) is 32.5 Å². The number of ether oxygens (including phenoxy) is 2. The average Bonchev–Trinajstić information content (AvgIpc) is 3.67. The standard InChI is InChI=1S/C30H30F3N9O2/c1-41-15-21(30(31,32)33)38-27(41)19-8-6-17(7-9-19)13-34-25-20-14-37-42(22-5-3-4-12-44-22)28(20)40-26(39-25)23-24(18-10-11-18)35-16-36-29(23)43-2/h6-9,14-16,18,22H,3-5,10-13H2,1-2H3,(H,34,39,40). The van der Waals surface area contributed by atoms with Crippen LogP contribution in [0.1, 0.15) is 61.2 Å². The molecule has 1 saturated carbocycles. The SMILES string of the molecule is COc1ncnc(C2CC2)c1-c1nc(NCc2ccc(-c3nc(C(F)(F)F)cn3C)cc2)c2cnn(C3CCCCO3)c2n1. The van der Waals surface area contributed by atoms with Crippen molar-refractivity contribution < 1.29 is 22.6 Å². The summed E-state index contributed by atoms with van der Waals surface area (Å²) in [6, 6.07) is 7.21. The normalized spacial score (nSPS) is 17.2. The van der Waals surface area contributed by atoms with Crippen LogP contribution in [0.25, 0.3) is 33.8 Å². The number of nitrogens with one attached hydrogen (secondary N) is 1. The van der Waals surface area contributed by atoms with Crippen molar-refractivity contribution in [2.75, 3.05) is 19.0 Å². The fourth-order valence-corrected chi connectivity index (χ4v) is 5.54. The Bertz CT molecular complexity index is 1810. The van der Waals surface area contributed by atoms with Gasteiger partial charge in [-0.15, -0.1) is 0 Å². The molecule has 7 rings (SSSR count). The van der Waals surface area contributed by atoms with Gasteiger partial charge in [0.25, 0.3) is 0 Å². The molecule has 2 aliphatic rings. The van der Waals surface area contributed by atoms with Gasteiger partial charge in [-0.05, 0) is 37.7 Å². The summed E-state index contributed by atoms with van der Waals surface area (Å²) in [7, 11) is 3.11. The Morgan fingerprint density at radius 3 is 2.55 bits per heavy atom. The van der Waals surface area contributed by atoms with E-state index in [2.05, 4.69) is 25.4 Å². The number of hydrogen-bond acceptors (Lipinski definition) is 9. The van der Waals surface area contributed by atoms with E-state index in [-0.39, 0.29) is 12.1 Å². The molecular weight excluding hydrogens is 575 g/mol. The van der Waals surface area contributed by atoms with E-state index < -0.39 is 11.9 Å². The number of alkyl halides is 3. The van der Waals surface area contributed by atoms with E-state index in [9.17, 15) is 13.2 Å². The first kappa shape index (κ1) is 28.2. The maximum Gasteiger partial charge on any atom is 0.434 e. The zero-order valence-electron chi connectivity index (χ0n) is 24.2. The molecule has 44 heavy (non-hydrogen) atoms. The number of nitrogens with zero attached hydrogens (tertiary/aromatic N) is 8. The Balaban J connectivity index is 1.23. The summed E-state index contributed by atoms with van der Waals surface area (Å²) >= 11 is 0. The third-order valence-electron chi connectivity index (χ3n) is 7.94. The van der Waals surface area contributed by atoms with Gasteiger partial charge < -0.3 is 19.4 Å². The van der Waals surface area contributed by atoms with E-state index in [1.807, 2.05) is 16.8 Å². The van der Waals surface area contributed by atoms with Gasteiger partial charge in [0.15, 0.2) is 23.4 Å². The van der Waals surface area contributed by atoms with Crippen LogP contribution in [0.15, 0.2) is 43.0 Å². The Hall–Kier alpha value is -4.59. The van der Waals surface area contributed by atoms with Crippen molar-refractivity contribution in [1.29, 1.82) is 0 Å². The first-order valence-corrected chi connectivity index (χ1v) is 14.5. The summed E-state index contributed by atoms with van der Waals surface area (Å²) in [4.78, 5) is 22.6. The number of fused-ring (bicyclic) bond motifs is 1. The Labute approximate surface area is 250 Å². The van der Waals surface area contributed by atoms with Gasteiger partial charge in [0.2, 0.25) is 5.88 Å². The minimum absolute atomic E-state index is 0.231. The lowest BCUT2D eigenvalue weighted by Gasteiger charge is -2.23. The van der Waals surface area contributed by atoms with Gasteiger partial charge in [-0.1, -0.05) is 24.3 Å². The molecular formula is C30H30F3N9O2. The molecule has 1 aliphatic carbocycles. The number of halogens is 3. The third kappa shape index (κ3) is 5.34. The number of hydrogen-bond donors (Lipinski definition) is 1. The highest BCUT2D eigenvalue weighted by Gasteiger charge is 2.35. The maximum atomic E-state index is 13.2. The molecule has 11 nitrogen and oxygen atoms in total. The van der Waals surface area contributed by atoms with E-state index in [0.29, 0.717) is 53.4 Å². The number of benzene rings is 1. The zero-order chi connectivity index (χ0) is 30.4. The fraction of sp³-hybridized carbons (Fsp3) is 0.400. The molecule has 228 valence electrons. The Kier molecular flexibility index (Phi) is 7.15. The minimum Gasteiger partial charge on any atom is -0.480 e. The van der Waals surface area contributed by atoms with Gasteiger partial charge in [0.1, 0.15) is 23.5 Å². The van der Waals surface area contributed by atoms with Crippen molar-refractivity contribution in [1.82, 2.24) is 39.3 Å². The highest BCUT2D eigenvalue weighted by atomic mass is 19.4. The summed E-state index contributed by atoms with van der Waals surface area (Å²) in [5.74, 6) is 1.95. The molecule has 1 unspecified atom stereocenters. The van der Waals surface area contributed by atoms with Crippen molar-refractivity contribution in [3.05, 3.63) is 59.9 Å². The van der Waals surface area contributed by atoms with Crippen LogP contribution in [0, 0.1) is 0 Å². The highest BCUT2D eigenvalue weighted by Crippen LogP contribution is 2.45. The summed E-state index contributed by atoms with van der Waals surface area (Å²) in [6.45, 7) is 1.05. The lowest BCUT2D eigenvalue weighted by molar-refractivity contribution is -0.140. The fourth-order valence-electron chi connectivity index (χ4n) is 5.54. The van der Waals surface area contributed by atoms with Crippen LogP contribution < -0.4 is 10.1 Å². The molecule has 0 spiro atoms. The Morgan fingerprint density at radius 2 is 1.86 bits per heavy atom. The molecule has 1 aromatic carbocycles. The molecule has 1 saturated heterocycles. The molecule has 0 amide bonds. The monoisotopic (exact) mass is 605 g/mol. The van der Waals surface area contributed by atoms with E-state index >= 15 is 0 Å². The molecule has 1 N–H and O–H groups in total. The topological polar surface area (TPSA) is 118 Å². The van der Waals surface area contributed by atoms with Gasteiger partial charge in [-0.3, -0.25) is 0 Å². The number of anilines is 1. The Morgan fingerprint density at radius 1 is 1.05 bits per heavy atom. The molecule has 4 aromatic heterocycles. The summed E-state index contributed by atoms with van der Waals surface area (Å²) in [5, 5.41) is 8.81. The first-order chi connectivity index (χ1) is 21.3. The molecule has 5 aromatic rings. The van der Waals surface area contributed by atoms with Gasteiger partial charge in [0.05, 0.1) is 24.4 Å². The van der Waals surface area contributed by atoms with E-state index in [4.69, 9.17) is 19.4 Å². The number of aromatic nitrogens is 8. The molecule has 1 atom stereocenters. The largest absolute Gasteiger partial charge is 0.480 e. The van der Waals surface area contributed by atoms with E-state index in [1.165, 1.54) is 10.9 Å². The molecule has 14 heteroatoms. The summed E-state index contributed by atoms with van der Waals surface area (Å²) in [6.07, 6.45) is 4.43. The second-order valence-electron chi connectivity index (χ2n) is 11.1. The van der Waals surface area contributed by atoms with Crippen molar-refractivity contribution in [3.8, 4) is 28.7 Å². The van der Waals surface area contributed by atoms with Gasteiger partial charge in [-0.2, -0.15) is 18.3 Å². The van der Waals surface area contributed by atoms with Crippen LogP contribution in [0.4, 0.5) is 19.0 Å². The molecule has 5 heterocycles. The third-order valence-corrected chi connectivity index (χ3v) is 7.94. The van der Waals surface area contributed by atoms with Crippen molar-refractivity contribution in [3.63, 3.8) is 0 Å². The molecule has 1 aliphatic heterocycles. The van der Waals surface area contributed by atoms with Crippen LogP contribution in [0.5, 0.6) is 5.88 Å². The quantitative estimate of drug-likeness (QED) is 0.231. The van der Waals surface area contributed by atoms with Crippen molar-refractivity contribution in [2.45, 2.75) is 57.0 Å². The molecule has 0 radical (unpaired) electrons. The van der Waals surface area contributed by atoms with E-state index in [0.717, 1.165) is 54.9 Å². The lowest BCUT2D eigenvalue weighted by atomic mass is 10.1. The number of rotatable bonds is 8. The number of methoxy groups -OCH3 is 1. The van der Waals surface area contributed by atoms with Crippen LogP contribution in [0.3, 0.4) is 0 Å². The predicted octanol–water partition coefficient (Wildman–Crippen LogP) is 5.90. The number of imidazole rings is 1. The lowest BCUT2D eigenvalue weighted by Crippen LogP contribution is -2.19. The first-order valence-electron chi connectivity index (χ1n) is 14.5. The van der Waals surface area contributed by atoms with Crippen molar-refractivity contribution in [2.24, 2.45) is 7.05 Å². The van der Waals surface area contributed by atoms with Crippen LogP contribution in [0.2, 0.25) is 0 Å². The van der Waals surface area contributed by atoms with Crippen LogP contribution >= 0.6 is 0 Å². The predicted molar refractivity (Wildman–Crippen MR) is 155 cm³/mol. The van der Waals surface area contributed by atoms with Crippen LogP contribution in [-0.2, 0) is 24.5 Å². The van der Waals surface area contributed by atoms with Gasteiger partial charge >= 0.3 is 6.18 Å². The molecule has 2 fully saturated rings. The van der Waals surface area contributed by atoms with Crippen molar-refractivity contribution >= 4 is 16.9 Å². The summed E-state index contributed by atoms with van der Waals surface area (Å²) < 4.78 is 54.4. The van der Waals surface area contributed by atoms with Gasteiger partial charge in [-0.25, -0.2) is 29.6 Å². The average molecular weight is 606 g/mol. The second-order valence-corrected chi connectivity index (χ2v) is 11.1.